The number of carboxylic acids is 1. The standard InChI is InChI=1S/C30H31N3O5/c34-27(31-17-15-21-7-3-1-4-8-21)25-19-33(29(36)23-11-13-24(14-12-23)30(37)38)20-26(25)28(35)32-18-16-22-9-5-2-6-10-22/h1-14,25-26H,15-20H2,(H,31,34)(H,32,35)(H,37,38)/t25-,26-/m0/s1. The molecule has 3 N–H and O–H groups in total. The molecule has 0 radical (unpaired) electrons. The fraction of sp³-hybridized carbons (Fsp3) is 0.267. The summed E-state index contributed by atoms with van der Waals surface area (Å²) in [5.41, 5.74) is 2.57. The number of carboxylic acid groups (broad SMARTS) is 1. The minimum Gasteiger partial charge on any atom is -0.478 e. The minimum atomic E-state index is -1.08. The molecule has 0 aliphatic carbocycles. The van der Waals surface area contributed by atoms with Crippen molar-refractivity contribution >= 4 is 23.7 Å². The Morgan fingerprint density at radius 1 is 0.658 bits per heavy atom. The molecular formula is C30H31N3O5. The zero-order valence-electron chi connectivity index (χ0n) is 21.0. The first-order chi connectivity index (χ1) is 18.4. The molecule has 0 unspecified atom stereocenters. The van der Waals surface area contributed by atoms with Crippen LogP contribution in [0.2, 0.25) is 0 Å². The molecule has 196 valence electrons. The molecule has 1 heterocycles. The van der Waals surface area contributed by atoms with Crippen LogP contribution < -0.4 is 10.6 Å². The maximum absolute atomic E-state index is 13.2. The second-order valence-corrected chi connectivity index (χ2v) is 9.36. The van der Waals surface area contributed by atoms with Gasteiger partial charge in [-0.3, -0.25) is 14.4 Å². The molecule has 4 rings (SSSR count). The van der Waals surface area contributed by atoms with Crippen LogP contribution >= 0.6 is 0 Å². The van der Waals surface area contributed by atoms with Gasteiger partial charge >= 0.3 is 5.97 Å². The molecule has 1 aliphatic rings. The summed E-state index contributed by atoms with van der Waals surface area (Å²) in [4.78, 5) is 52.2. The summed E-state index contributed by atoms with van der Waals surface area (Å²) in [6.07, 6.45) is 1.32. The summed E-state index contributed by atoms with van der Waals surface area (Å²) >= 11 is 0. The van der Waals surface area contributed by atoms with Gasteiger partial charge in [0.25, 0.3) is 5.91 Å². The molecule has 1 saturated heterocycles. The molecule has 8 heteroatoms. The number of hydrogen-bond acceptors (Lipinski definition) is 4. The number of benzene rings is 3. The Balaban J connectivity index is 1.42. The van der Waals surface area contributed by atoms with Crippen molar-refractivity contribution < 1.29 is 24.3 Å². The van der Waals surface area contributed by atoms with Gasteiger partial charge in [-0.15, -0.1) is 0 Å². The Bertz CT molecular complexity index is 1200. The van der Waals surface area contributed by atoms with E-state index < -0.39 is 17.8 Å². The van der Waals surface area contributed by atoms with Gasteiger partial charge in [0, 0.05) is 31.7 Å². The molecule has 2 atom stereocenters. The SMILES string of the molecule is O=C(O)c1ccc(C(=O)N2C[C@H](C(=O)NCCc3ccccc3)[C@@H](C(=O)NCCc3ccccc3)C2)cc1. The average Bonchev–Trinajstić information content (AvgIpc) is 3.40. The lowest BCUT2D eigenvalue weighted by Gasteiger charge is -2.17. The van der Waals surface area contributed by atoms with Gasteiger partial charge in [-0.2, -0.15) is 0 Å². The van der Waals surface area contributed by atoms with E-state index in [2.05, 4.69) is 10.6 Å². The van der Waals surface area contributed by atoms with Gasteiger partial charge in [-0.1, -0.05) is 60.7 Å². The van der Waals surface area contributed by atoms with Crippen LogP contribution in [0.5, 0.6) is 0 Å². The predicted molar refractivity (Wildman–Crippen MR) is 143 cm³/mol. The molecule has 1 fully saturated rings. The largest absolute Gasteiger partial charge is 0.478 e. The lowest BCUT2D eigenvalue weighted by Crippen LogP contribution is -2.42. The van der Waals surface area contributed by atoms with E-state index in [9.17, 15) is 19.2 Å². The highest BCUT2D eigenvalue weighted by Gasteiger charge is 2.43. The molecule has 8 nitrogen and oxygen atoms in total. The number of nitrogens with zero attached hydrogens (tertiary/aromatic N) is 1. The molecule has 3 aromatic rings. The van der Waals surface area contributed by atoms with E-state index in [0.29, 0.717) is 31.5 Å². The Labute approximate surface area is 221 Å². The highest BCUT2D eigenvalue weighted by molar-refractivity contribution is 5.98. The number of carbonyl (C=O) groups excluding carboxylic acids is 3. The number of nitrogens with one attached hydrogen (secondary N) is 2. The molecule has 0 saturated carbocycles. The fourth-order valence-electron chi connectivity index (χ4n) is 4.65. The van der Waals surface area contributed by atoms with Crippen molar-refractivity contribution in [2.24, 2.45) is 11.8 Å². The van der Waals surface area contributed by atoms with Crippen molar-refractivity contribution in [1.82, 2.24) is 15.5 Å². The monoisotopic (exact) mass is 513 g/mol. The lowest BCUT2D eigenvalue weighted by atomic mass is 9.94. The van der Waals surface area contributed by atoms with Crippen LogP contribution in [-0.4, -0.2) is 59.9 Å². The zero-order chi connectivity index (χ0) is 26.9. The van der Waals surface area contributed by atoms with E-state index in [1.807, 2.05) is 60.7 Å². The average molecular weight is 514 g/mol. The molecule has 0 bridgehead atoms. The maximum Gasteiger partial charge on any atom is 0.335 e. The van der Waals surface area contributed by atoms with Crippen molar-refractivity contribution in [2.75, 3.05) is 26.2 Å². The highest BCUT2D eigenvalue weighted by atomic mass is 16.4. The normalized spacial score (nSPS) is 16.6. The smallest absolute Gasteiger partial charge is 0.335 e. The van der Waals surface area contributed by atoms with Gasteiger partial charge < -0.3 is 20.6 Å². The molecule has 3 aromatic carbocycles. The quantitative estimate of drug-likeness (QED) is 0.386. The Hall–Kier alpha value is -4.46. The van der Waals surface area contributed by atoms with E-state index in [4.69, 9.17) is 5.11 Å². The van der Waals surface area contributed by atoms with Crippen molar-refractivity contribution in [2.45, 2.75) is 12.8 Å². The summed E-state index contributed by atoms with van der Waals surface area (Å²) in [6.45, 7) is 1.06. The fourth-order valence-corrected chi connectivity index (χ4v) is 4.65. The van der Waals surface area contributed by atoms with Crippen molar-refractivity contribution in [3.63, 3.8) is 0 Å². The van der Waals surface area contributed by atoms with Gasteiger partial charge in [-0.05, 0) is 48.2 Å². The van der Waals surface area contributed by atoms with Crippen molar-refractivity contribution in [3.05, 3.63) is 107 Å². The summed E-state index contributed by atoms with van der Waals surface area (Å²) in [5.74, 6) is -3.33. The Morgan fingerprint density at radius 2 is 1.08 bits per heavy atom. The van der Waals surface area contributed by atoms with Crippen molar-refractivity contribution in [3.8, 4) is 0 Å². The van der Waals surface area contributed by atoms with Gasteiger partial charge in [0.15, 0.2) is 0 Å². The van der Waals surface area contributed by atoms with E-state index in [-0.39, 0.29) is 36.4 Å². The summed E-state index contributed by atoms with van der Waals surface area (Å²) in [5, 5.41) is 15.0. The molecule has 0 spiro atoms. The zero-order valence-corrected chi connectivity index (χ0v) is 21.0. The number of amides is 3. The Morgan fingerprint density at radius 3 is 1.50 bits per heavy atom. The third kappa shape index (κ3) is 6.85. The number of carbonyl (C=O) groups is 4. The van der Waals surface area contributed by atoms with E-state index in [0.717, 1.165) is 11.1 Å². The minimum absolute atomic E-state index is 0.0781. The first kappa shape index (κ1) is 26.6. The number of aromatic carboxylic acids is 1. The third-order valence-corrected chi connectivity index (χ3v) is 6.77. The van der Waals surface area contributed by atoms with Crippen LogP contribution in [0.1, 0.15) is 31.8 Å². The summed E-state index contributed by atoms with van der Waals surface area (Å²) in [7, 11) is 0. The van der Waals surface area contributed by atoms with Crippen molar-refractivity contribution in [1.29, 1.82) is 0 Å². The predicted octanol–water partition coefficient (Wildman–Crippen LogP) is 2.79. The van der Waals surface area contributed by atoms with Gasteiger partial charge in [0.05, 0.1) is 17.4 Å². The second kappa shape index (κ2) is 12.7. The molecular weight excluding hydrogens is 482 g/mol. The Kier molecular flexibility index (Phi) is 8.87. The van der Waals surface area contributed by atoms with Crippen LogP contribution in [0.4, 0.5) is 0 Å². The molecule has 3 amide bonds. The maximum atomic E-state index is 13.2. The van der Waals surface area contributed by atoms with Crippen LogP contribution in [0.3, 0.4) is 0 Å². The number of hydrogen-bond donors (Lipinski definition) is 3. The van der Waals surface area contributed by atoms with Crippen LogP contribution in [0.25, 0.3) is 0 Å². The number of rotatable bonds is 10. The van der Waals surface area contributed by atoms with E-state index in [1.165, 1.54) is 29.2 Å². The van der Waals surface area contributed by atoms with E-state index in [1.54, 1.807) is 0 Å². The van der Waals surface area contributed by atoms with Crippen LogP contribution in [0, 0.1) is 11.8 Å². The summed E-state index contributed by atoms with van der Waals surface area (Å²) < 4.78 is 0. The van der Waals surface area contributed by atoms with Crippen LogP contribution in [0.15, 0.2) is 84.9 Å². The van der Waals surface area contributed by atoms with Crippen LogP contribution in [-0.2, 0) is 22.4 Å². The molecule has 0 aromatic heterocycles. The van der Waals surface area contributed by atoms with Gasteiger partial charge in [0.1, 0.15) is 0 Å². The first-order valence-corrected chi connectivity index (χ1v) is 12.7. The molecule has 38 heavy (non-hydrogen) atoms. The van der Waals surface area contributed by atoms with E-state index >= 15 is 0 Å². The molecule has 1 aliphatic heterocycles. The second-order valence-electron chi connectivity index (χ2n) is 9.36. The highest BCUT2D eigenvalue weighted by Crippen LogP contribution is 2.26. The number of likely N-dealkylation sites (tertiary alicyclic amines) is 1. The third-order valence-electron chi connectivity index (χ3n) is 6.77. The summed E-state index contributed by atoms with van der Waals surface area (Å²) in [6, 6.07) is 25.2. The van der Waals surface area contributed by atoms with Gasteiger partial charge in [-0.25, -0.2) is 4.79 Å². The first-order valence-electron chi connectivity index (χ1n) is 12.7. The lowest BCUT2D eigenvalue weighted by molar-refractivity contribution is -0.132. The topological polar surface area (TPSA) is 116 Å². The van der Waals surface area contributed by atoms with Gasteiger partial charge in [0.2, 0.25) is 11.8 Å².